The molecule has 1 amide bonds. The Morgan fingerprint density at radius 2 is 1.86 bits per heavy atom. The van der Waals surface area contributed by atoms with Crippen LogP contribution in [0.25, 0.3) is 0 Å². The van der Waals surface area contributed by atoms with Crippen molar-refractivity contribution in [2.45, 2.75) is 5.75 Å². The molecule has 1 N–H and O–H groups in total. The zero-order valence-electron chi connectivity index (χ0n) is 11.5. The second-order valence-electron chi connectivity index (χ2n) is 4.43. The fraction of sp³-hybridized carbons (Fsp3) is 0.125. The normalized spacial score (nSPS) is 10.0. The van der Waals surface area contributed by atoms with Crippen LogP contribution >= 0.6 is 35.0 Å². The van der Waals surface area contributed by atoms with Gasteiger partial charge < -0.3 is 5.32 Å². The number of nitrogens with zero attached hydrogens (tertiary/aromatic N) is 1. The molecule has 6 heteroatoms. The third kappa shape index (κ3) is 4.67. The summed E-state index contributed by atoms with van der Waals surface area (Å²) in [5.41, 5.74) is 1.95. The molecule has 0 aliphatic rings. The van der Waals surface area contributed by atoms with Gasteiger partial charge in [-0.05, 0) is 35.9 Å². The number of amides is 1. The summed E-state index contributed by atoms with van der Waals surface area (Å²) in [6, 6.07) is 14.2. The minimum atomic E-state index is -0.136. The Kier molecular flexibility index (Phi) is 6.14. The molecule has 112 valence electrons. The van der Waals surface area contributed by atoms with E-state index in [0.29, 0.717) is 27.0 Å². The van der Waals surface area contributed by atoms with Gasteiger partial charge in [0.05, 0.1) is 17.4 Å². The SMILES string of the molecule is N#Cc1cccc(NC(=O)CSCc2c(Cl)cccc2Cl)c1. The van der Waals surface area contributed by atoms with Crippen molar-refractivity contribution in [3.05, 3.63) is 63.6 Å². The Labute approximate surface area is 143 Å². The standard InChI is InChI=1S/C16H12Cl2N2OS/c17-14-5-2-6-15(18)13(14)9-22-10-16(21)20-12-4-1-3-11(7-12)8-19/h1-7H,9-10H2,(H,20,21). The van der Waals surface area contributed by atoms with Gasteiger partial charge in [0, 0.05) is 21.5 Å². The molecule has 0 heterocycles. The van der Waals surface area contributed by atoms with Crippen molar-refractivity contribution >= 4 is 46.6 Å². The van der Waals surface area contributed by atoms with E-state index in [0.717, 1.165) is 5.56 Å². The summed E-state index contributed by atoms with van der Waals surface area (Å²) >= 11 is 13.6. The number of hydrogen-bond acceptors (Lipinski definition) is 3. The van der Waals surface area contributed by atoms with Crippen LogP contribution in [0.2, 0.25) is 10.0 Å². The Morgan fingerprint density at radius 1 is 1.18 bits per heavy atom. The first-order chi connectivity index (χ1) is 10.6. The predicted octanol–water partition coefficient (Wildman–Crippen LogP) is 4.74. The summed E-state index contributed by atoms with van der Waals surface area (Å²) in [7, 11) is 0. The van der Waals surface area contributed by atoms with Crippen LogP contribution < -0.4 is 5.32 Å². The summed E-state index contributed by atoms with van der Waals surface area (Å²) in [6.45, 7) is 0. The molecule has 3 nitrogen and oxygen atoms in total. The predicted molar refractivity (Wildman–Crippen MR) is 92.4 cm³/mol. The fourth-order valence-electron chi connectivity index (χ4n) is 1.78. The number of benzene rings is 2. The molecule has 0 radical (unpaired) electrons. The van der Waals surface area contributed by atoms with Gasteiger partial charge in [-0.2, -0.15) is 5.26 Å². The lowest BCUT2D eigenvalue weighted by Crippen LogP contribution is -2.14. The quantitative estimate of drug-likeness (QED) is 0.847. The first-order valence-corrected chi connectivity index (χ1v) is 8.32. The number of anilines is 1. The Hall–Kier alpha value is -1.67. The molecule has 0 atom stereocenters. The van der Waals surface area contributed by atoms with Crippen molar-refractivity contribution in [2.24, 2.45) is 0 Å². The van der Waals surface area contributed by atoms with Gasteiger partial charge in [-0.3, -0.25) is 4.79 Å². The van der Waals surface area contributed by atoms with E-state index < -0.39 is 0 Å². The molecular weight excluding hydrogens is 339 g/mol. The highest BCUT2D eigenvalue weighted by molar-refractivity contribution is 7.99. The van der Waals surface area contributed by atoms with Gasteiger partial charge in [-0.1, -0.05) is 35.3 Å². The van der Waals surface area contributed by atoms with Crippen LogP contribution in [0.1, 0.15) is 11.1 Å². The maximum absolute atomic E-state index is 11.9. The summed E-state index contributed by atoms with van der Waals surface area (Å²) in [5.74, 6) is 0.700. The molecular formula is C16H12Cl2N2OS. The van der Waals surface area contributed by atoms with E-state index in [1.165, 1.54) is 11.8 Å². The Balaban J connectivity index is 1.87. The van der Waals surface area contributed by atoms with Crippen LogP contribution in [-0.2, 0) is 10.5 Å². The number of nitrogens with one attached hydrogen (secondary N) is 1. The van der Waals surface area contributed by atoms with Crippen LogP contribution in [0.4, 0.5) is 5.69 Å². The van der Waals surface area contributed by atoms with E-state index in [9.17, 15) is 4.79 Å². The molecule has 0 aliphatic carbocycles. The molecule has 0 saturated heterocycles. The average molecular weight is 351 g/mol. The topological polar surface area (TPSA) is 52.9 Å². The van der Waals surface area contributed by atoms with Crippen molar-refractivity contribution in [1.82, 2.24) is 0 Å². The van der Waals surface area contributed by atoms with E-state index >= 15 is 0 Å². The first-order valence-electron chi connectivity index (χ1n) is 6.41. The molecule has 2 aromatic rings. The first kappa shape index (κ1) is 16.7. The number of thioether (sulfide) groups is 1. The third-order valence-electron chi connectivity index (χ3n) is 2.82. The lowest BCUT2D eigenvalue weighted by molar-refractivity contribution is -0.113. The van der Waals surface area contributed by atoms with Gasteiger partial charge in [0.1, 0.15) is 0 Å². The lowest BCUT2D eigenvalue weighted by Gasteiger charge is -2.07. The summed E-state index contributed by atoms with van der Waals surface area (Å²) in [5, 5.41) is 12.8. The molecule has 0 spiro atoms. The van der Waals surface area contributed by atoms with E-state index in [1.807, 2.05) is 6.07 Å². The van der Waals surface area contributed by atoms with Gasteiger partial charge in [0.25, 0.3) is 0 Å². The fourth-order valence-corrected chi connectivity index (χ4v) is 3.34. The Bertz CT molecular complexity index is 708. The van der Waals surface area contributed by atoms with E-state index in [4.69, 9.17) is 28.5 Å². The van der Waals surface area contributed by atoms with E-state index in [-0.39, 0.29) is 11.7 Å². The summed E-state index contributed by atoms with van der Waals surface area (Å²) < 4.78 is 0. The monoisotopic (exact) mass is 350 g/mol. The van der Waals surface area contributed by atoms with Gasteiger partial charge in [-0.15, -0.1) is 11.8 Å². The number of carbonyl (C=O) groups excluding carboxylic acids is 1. The van der Waals surface area contributed by atoms with E-state index in [2.05, 4.69) is 5.32 Å². The van der Waals surface area contributed by atoms with Crippen LogP contribution in [0.3, 0.4) is 0 Å². The molecule has 0 aromatic heterocycles. The number of rotatable bonds is 5. The summed E-state index contributed by atoms with van der Waals surface area (Å²) in [4.78, 5) is 11.9. The minimum Gasteiger partial charge on any atom is -0.325 e. The van der Waals surface area contributed by atoms with Crippen LogP contribution in [0, 0.1) is 11.3 Å². The second-order valence-corrected chi connectivity index (χ2v) is 6.23. The van der Waals surface area contributed by atoms with Crippen molar-refractivity contribution in [1.29, 1.82) is 5.26 Å². The minimum absolute atomic E-state index is 0.136. The maximum atomic E-state index is 11.9. The second kappa shape index (κ2) is 8.09. The van der Waals surface area contributed by atoms with E-state index in [1.54, 1.807) is 42.5 Å². The van der Waals surface area contributed by atoms with Crippen LogP contribution in [-0.4, -0.2) is 11.7 Å². The number of hydrogen-bond donors (Lipinski definition) is 1. The number of carbonyl (C=O) groups is 1. The highest BCUT2D eigenvalue weighted by Gasteiger charge is 2.08. The van der Waals surface area contributed by atoms with Crippen LogP contribution in [0.15, 0.2) is 42.5 Å². The van der Waals surface area contributed by atoms with Gasteiger partial charge in [0.2, 0.25) is 5.91 Å². The highest BCUT2D eigenvalue weighted by atomic mass is 35.5. The van der Waals surface area contributed by atoms with Crippen molar-refractivity contribution in [3.63, 3.8) is 0 Å². The zero-order chi connectivity index (χ0) is 15.9. The zero-order valence-corrected chi connectivity index (χ0v) is 13.8. The molecule has 22 heavy (non-hydrogen) atoms. The smallest absolute Gasteiger partial charge is 0.234 e. The van der Waals surface area contributed by atoms with Crippen LogP contribution in [0.5, 0.6) is 0 Å². The largest absolute Gasteiger partial charge is 0.325 e. The lowest BCUT2D eigenvalue weighted by atomic mass is 10.2. The maximum Gasteiger partial charge on any atom is 0.234 e. The molecule has 0 fully saturated rings. The molecule has 0 aliphatic heterocycles. The average Bonchev–Trinajstić information content (AvgIpc) is 2.50. The highest BCUT2D eigenvalue weighted by Crippen LogP contribution is 2.28. The Morgan fingerprint density at radius 3 is 2.55 bits per heavy atom. The van der Waals surface area contributed by atoms with Crippen molar-refractivity contribution < 1.29 is 4.79 Å². The van der Waals surface area contributed by atoms with Crippen molar-refractivity contribution in [2.75, 3.05) is 11.1 Å². The molecule has 0 saturated carbocycles. The molecule has 2 aromatic carbocycles. The molecule has 0 bridgehead atoms. The number of nitriles is 1. The van der Waals surface area contributed by atoms with Gasteiger partial charge in [-0.25, -0.2) is 0 Å². The molecule has 0 unspecified atom stereocenters. The third-order valence-corrected chi connectivity index (χ3v) is 4.48. The molecule has 2 rings (SSSR count). The number of halogens is 2. The van der Waals surface area contributed by atoms with Gasteiger partial charge in [0.15, 0.2) is 0 Å². The van der Waals surface area contributed by atoms with Crippen molar-refractivity contribution in [3.8, 4) is 6.07 Å². The summed E-state index contributed by atoms with van der Waals surface area (Å²) in [6.07, 6.45) is 0. The van der Waals surface area contributed by atoms with Gasteiger partial charge >= 0.3 is 0 Å².